The molecule has 1 amide bonds. The van der Waals surface area contributed by atoms with Gasteiger partial charge in [0.15, 0.2) is 0 Å². The lowest BCUT2D eigenvalue weighted by molar-refractivity contribution is -0.123. The van der Waals surface area contributed by atoms with E-state index in [9.17, 15) is 4.79 Å². The molecule has 124 valence electrons. The summed E-state index contributed by atoms with van der Waals surface area (Å²) in [4.78, 5) is 19.3. The SMILES string of the molecule is C[C@@H]1c2[nH]c3ccccc3c2CCN1CC(=O)NCc1cccs1. The van der Waals surface area contributed by atoms with Crippen molar-refractivity contribution in [1.82, 2.24) is 15.2 Å². The van der Waals surface area contributed by atoms with Crippen molar-refractivity contribution in [2.24, 2.45) is 0 Å². The lowest BCUT2D eigenvalue weighted by atomic mass is 9.98. The van der Waals surface area contributed by atoms with Crippen LogP contribution in [-0.4, -0.2) is 28.9 Å². The van der Waals surface area contributed by atoms with Crippen molar-refractivity contribution in [1.29, 1.82) is 0 Å². The number of nitrogens with zero attached hydrogens (tertiary/aromatic N) is 1. The Hall–Kier alpha value is -2.11. The van der Waals surface area contributed by atoms with E-state index in [-0.39, 0.29) is 11.9 Å². The van der Waals surface area contributed by atoms with Crippen molar-refractivity contribution in [2.75, 3.05) is 13.1 Å². The van der Waals surface area contributed by atoms with Gasteiger partial charge in [0.2, 0.25) is 5.91 Å². The van der Waals surface area contributed by atoms with Crippen LogP contribution in [0.3, 0.4) is 0 Å². The highest BCUT2D eigenvalue weighted by atomic mass is 32.1. The van der Waals surface area contributed by atoms with Crippen molar-refractivity contribution in [3.63, 3.8) is 0 Å². The standard InChI is InChI=1S/C19H21N3OS/c1-13-19-16(15-6-2-3-7-17(15)21-19)8-9-22(13)12-18(23)20-11-14-5-4-10-24-14/h2-7,10,13,21H,8-9,11-12H2,1H3,(H,20,23)/t13-/m1/s1. The first kappa shape index (κ1) is 15.4. The van der Waals surface area contributed by atoms with Crippen LogP contribution in [0, 0.1) is 0 Å². The molecule has 0 radical (unpaired) electrons. The fraction of sp³-hybridized carbons (Fsp3) is 0.316. The largest absolute Gasteiger partial charge is 0.357 e. The van der Waals surface area contributed by atoms with E-state index in [1.54, 1.807) is 11.3 Å². The molecule has 1 aromatic carbocycles. The number of hydrogen-bond donors (Lipinski definition) is 2. The van der Waals surface area contributed by atoms with Crippen LogP contribution < -0.4 is 5.32 Å². The van der Waals surface area contributed by atoms with E-state index in [0.29, 0.717) is 13.1 Å². The van der Waals surface area contributed by atoms with Crippen molar-refractivity contribution >= 4 is 28.1 Å². The monoisotopic (exact) mass is 339 g/mol. The van der Waals surface area contributed by atoms with Crippen molar-refractivity contribution < 1.29 is 4.79 Å². The lowest BCUT2D eigenvalue weighted by Gasteiger charge is -2.32. The summed E-state index contributed by atoms with van der Waals surface area (Å²) in [7, 11) is 0. The number of carbonyl (C=O) groups is 1. The normalized spacial score (nSPS) is 17.8. The maximum atomic E-state index is 12.3. The van der Waals surface area contributed by atoms with Gasteiger partial charge in [0.25, 0.3) is 0 Å². The van der Waals surface area contributed by atoms with E-state index in [2.05, 4.69) is 46.4 Å². The second kappa shape index (κ2) is 6.42. The van der Waals surface area contributed by atoms with Crippen LogP contribution in [0.2, 0.25) is 0 Å². The molecule has 24 heavy (non-hydrogen) atoms. The maximum Gasteiger partial charge on any atom is 0.234 e. The zero-order valence-corrected chi connectivity index (χ0v) is 14.5. The van der Waals surface area contributed by atoms with Crippen molar-refractivity contribution in [2.45, 2.75) is 25.9 Å². The van der Waals surface area contributed by atoms with Gasteiger partial charge in [-0.3, -0.25) is 9.69 Å². The van der Waals surface area contributed by atoms with Gasteiger partial charge in [0.1, 0.15) is 0 Å². The predicted molar refractivity (Wildman–Crippen MR) is 98.2 cm³/mol. The van der Waals surface area contributed by atoms with Crippen LogP contribution >= 0.6 is 11.3 Å². The Morgan fingerprint density at radius 2 is 2.21 bits per heavy atom. The third-order valence-corrected chi connectivity index (χ3v) is 5.72. The minimum absolute atomic E-state index is 0.0924. The highest BCUT2D eigenvalue weighted by Crippen LogP contribution is 2.33. The average Bonchev–Trinajstić information content (AvgIpc) is 3.23. The summed E-state index contributed by atoms with van der Waals surface area (Å²) >= 11 is 1.67. The molecular formula is C19H21N3OS. The Morgan fingerprint density at radius 1 is 1.33 bits per heavy atom. The molecule has 5 heteroatoms. The highest BCUT2D eigenvalue weighted by molar-refractivity contribution is 7.09. The van der Waals surface area contributed by atoms with Gasteiger partial charge in [-0.1, -0.05) is 24.3 Å². The average molecular weight is 339 g/mol. The minimum atomic E-state index is 0.0924. The van der Waals surface area contributed by atoms with Gasteiger partial charge in [-0.05, 0) is 36.4 Å². The van der Waals surface area contributed by atoms with E-state index in [4.69, 9.17) is 0 Å². The molecule has 0 bridgehead atoms. The number of H-pyrrole nitrogens is 1. The number of benzene rings is 1. The number of carbonyl (C=O) groups excluding carboxylic acids is 1. The fourth-order valence-electron chi connectivity index (χ4n) is 3.53. The number of rotatable bonds is 4. The quantitative estimate of drug-likeness (QED) is 0.765. The zero-order valence-electron chi connectivity index (χ0n) is 13.7. The van der Waals surface area contributed by atoms with Crippen molar-refractivity contribution in [3.05, 3.63) is 57.9 Å². The molecule has 2 aromatic heterocycles. The second-order valence-corrected chi connectivity index (χ2v) is 7.35. The summed E-state index contributed by atoms with van der Waals surface area (Å²) in [6.07, 6.45) is 0.988. The Balaban J connectivity index is 1.45. The number of nitrogens with one attached hydrogen (secondary N) is 2. The number of hydrogen-bond acceptors (Lipinski definition) is 3. The minimum Gasteiger partial charge on any atom is -0.357 e. The molecule has 1 atom stereocenters. The summed E-state index contributed by atoms with van der Waals surface area (Å²) in [5.74, 6) is 0.0924. The lowest BCUT2D eigenvalue weighted by Crippen LogP contribution is -2.41. The number of thiophene rings is 1. The van der Waals surface area contributed by atoms with E-state index >= 15 is 0 Å². The molecule has 1 aliphatic rings. The smallest absolute Gasteiger partial charge is 0.234 e. The molecule has 3 aromatic rings. The molecule has 0 unspecified atom stereocenters. The first-order chi connectivity index (χ1) is 11.7. The molecular weight excluding hydrogens is 318 g/mol. The van der Waals surface area contributed by atoms with Gasteiger partial charge >= 0.3 is 0 Å². The maximum absolute atomic E-state index is 12.3. The van der Waals surface area contributed by atoms with Gasteiger partial charge in [-0.25, -0.2) is 0 Å². The van der Waals surface area contributed by atoms with Crippen LogP contribution in [-0.2, 0) is 17.8 Å². The Bertz CT molecular complexity index is 853. The zero-order chi connectivity index (χ0) is 16.5. The van der Waals surface area contributed by atoms with Gasteiger partial charge in [-0.2, -0.15) is 0 Å². The van der Waals surface area contributed by atoms with Gasteiger partial charge < -0.3 is 10.3 Å². The molecule has 3 heterocycles. The Morgan fingerprint density at radius 3 is 3.04 bits per heavy atom. The van der Waals surface area contributed by atoms with Gasteiger partial charge in [0, 0.05) is 34.1 Å². The fourth-order valence-corrected chi connectivity index (χ4v) is 4.18. The summed E-state index contributed by atoms with van der Waals surface area (Å²) in [5.41, 5.74) is 3.86. The second-order valence-electron chi connectivity index (χ2n) is 6.32. The number of amides is 1. The number of aromatic amines is 1. The number of aromatic nitrogens is 1. The van der Waals surface area contributed by atoms with Crippen LogP contribution in [0.4, 0.5) is 0 Å². The topological polar surface area (TPSA) is 48.1 Å². The molecule has 0 saturated carbocycles. The van der Waals surface area contributed by atoms with Crippen LogP contribution in [0.1, 0.15) is 29.1 Å². The highest BCUT2D eigenvalue weighted by Gasteiger charge is 2.28. The Labute approximate surface area is 145 Å². The predicted octanol–water partition coefficient (Wildman–Crippen LogP) is 3.46. The van der Waals surface area contributed by atoms with Gasteiger partial charge in [0.05, 0.1) is 13.1 Å². The van der Waals surface area contributed by atoms with E-state index in [0.717, 1.165) is 13.0 Å². The molecule has 0 aliphatic carbocycles. The van der Waals surface area contributed by atoms with Gasteiger partial charge in [-0.15, -0.1) is 11.3 Å². The molecule has 0 fully saturated rings. The number of para-hydroxylation sites is 1. The molecule has 1 aliphatic heterocycles. The van der Waals surface area contributed by atoms with E-state index in [1.807, 2.05) is 17.5 Å². The van der Waals surface area contributed by atoms with Crippen LogP contribution in [0.5, 0.6) is 0 Å². The van der Waals surface area contributed by atoms with Crippen LogP contribution in [0.25, 0.3) is 10.9 Å². The van der Waals surface area contributed by atoms with E-state index in [1.165, 1.54) is 27.0 Å². The Kier molecular flexibility index (Phi) is 4.12. The molecule has 2 N–H and O–H groups in total. The first-order valence-electron chi connectivity index (χ1n) is 8.35. The molecule has 4 rings (SSSR count). The third kappa shape index (κ3) is 2.85. The third-order valence-electron chi connectivity index (χ3n) is 4.85. The summed E-state index contributed by atoms with van der Waals surface area (Å²) in [6.45, 7) is 4.17. The van der Waals surface area contributed by atoms with Crippen LogP contribution in [0.15, 0.2) is 41.8 Å². The molecule has 0 spiro atoms. The molecule has 4 nitrogen and oxygen atoms in total. The van der Waals surface area contributed by atoms with Crippen molar-refractivity contribution in [3.8, 4) is 0 Å². The first-order valence-corrected chi connectivity index (χ1v) is 9.23. The number of fused-ring (bicyclic) bond motifs is 3. The van der Waals surface area contributed by atoms with E-state index < -0.39 is 0 Å². The summed E-state index contributed by atoms with van der Waals surface area (Å²) in [6, 6.07) is 12.7. The molecule has 0 saturated heterocycles. The summed E-state index contributed by atoms with van der Waals surface area (Å²) in [5, 5.41) is 6.38. The summed E-state index contributed by atoms with van der Waals surface area (Å²) < 4.78 is 0.